The highest BCUT2D eigenvalue weighted by Crippen LogP contribution is 2.20. The number of hydrogen-bond donors (Lipinski definition) is 1. The highest BCUT2D eigenvalue weighted by Gasteiger charge is 2.16. The summed E-state index contributed by atoms with van der Waals surface area (Å²) in [6.07, 6.45) is 0. The monoisotopic (exact) mass is 270 g/mol. The van der Waals surface area contributed by atoms with Gasteiger partial charge in [0.25, 0.3) is 0 Å². The Morgan fingerprint density at radius 3 is 2.74 bits per heavy atom. The first-order chi connectivity index (χ1) is 9.02. The number of nitrogens with zero attached hydrogens (tertiary/aromatic N) is 2. The van der Waals surface area contributed by atoms with Crippen molar-refractivity contribution < 1.29 is 23.4 Å². The molecule has 0 fully saturated rings. The molecule has 0 aliphatic rings. The quantitative estimate of drug-likeness (QED) is 0.901. The van der Waals surface area contributed by atoms with Gasteiger partial charge in [-0.15, -0.1) is 0 Å². The Balaban J connectivity index is 2.55. The number of aromatic nitrogens is 2. The predicted octanol–water partition coefficient (Wildman–Crippen LogP) is 1.94. The van der Waals surface area contributed by atoms with E-state index in [2.05, 4.69) is 4.98 Å². The molecule has 2 aromatic rings. The van der Waals surface area contributed by atoms with E-state index in [4.69, 9.17) is 9.84 Å². The maximum Gasteiger partial charge on any atom is 0.323 e. The van der Waals surface area contributed by atoms with Gasteiger partial charge in [-0.25, -0.2) is 13.8 Å². The van der Waals surface area contributed by atoms with E-state index in [0.717, 1.165) is 12.1 Å². The Morgan fingerprint density at radius 2 is 2.11 bits per heavy atom. The number of ether oxygens (including phenoxy) is 1. The van der Waals surface area contributed by atoms with Gasteiger partial charge in [0.1, 0.15) is 19.0 Å². The van der Waals surface area contributed by atoms with Crippen LogP contribution in [-0.4, -0.2) is 27.2 Å². The summed E-state index contributed by atoms with van der Waals surface area (Å²) in [6.45, 7) is 1.91. The van der Waals surface area contributed by atoms with Crippen molar-refractivity contribution in [2.75, 3.05) is 6.61 Å². The van der Waals surface area contributed by atoms with Crippen molar-refractivity contribution in [2.45, 2.75) is 20.1 Å². The van der Waals surface area contributed by atoms with Crippen molar-refractivity contribution in [2.24, 2.45) is 0 Å². The molecule has 0 aliphatic heterocycles. The normalized spacial score (nSPS) is 11.1. The maximum atomic E-state index is 13.2. The van der Waals surface area contributed by atoms with Crippen molar-refractivity contribution in [3.63, 3.8) is 0 Å². The minimum Gasteiger partial charge on any atom is -0.480 e. The lowest BCUT2D eigenvalue weighted by molar-refractivity contribution is -0.137. The van der Waals surface area contributed by atoms with Gasteiger partial charge in [-0.05, 0) is 6.92 Å². The van der Waals surface area contributed by atoms with Gasteiger partial charge in [0.15, 0.2) is 11.6 Å². The Labute approximate surface area is 107 Å². The minimum atomic E-state index is -1.10. The number of carboxylic acid groups (broad SMARTS) is 1. The fourth-order valence-electron chi connectivity index (χ4n) is 1.79. The van der Waals surface area contributed by atoms with Crippen molar-refractivity contribution in [3.05, 3.63) is 29.6 Å². The number of aliphatic carboxylic acids is 1. The smallest absolute Gasteiger partial charge is 0.323 e. The summed E-state index contributed by atoms with van der Waals surface area (Å²) in [7, 11) is 0. The Kier molecular flexibility index (Phi) is 3.75. The molecule has 1 N–H and O–H groups in total. The maximum absolute atomic E-state index is 13.2. The van der Waals surface area contributed by atoms with Gasteiger partial charge < -0.3 is 14.4 Å². The van der Waals surface area contributed by atoms with E-state index < -0.39 is 17.6 Å². The average Bonchev–Trinajstić information content (AvgIpc) is 2.65. The SMILES string of the molecule is CCOCc1nc2cc(F)c(F)cc2n1CC(=O)O. The zero-order valence-corrected chi connectivity index (χ0v) is 10.2. The summed E-state index contributed by atoms with van der Waals surface area (Å²) in [4.78, 5) is 14.9. The molecule has 0 amide bonds. The lowest BCUT2D eigenvalue weighted by Gasteiger charge is -2.06. The van der Waals surface area contributed by atoms with Crippen LogP contribution in [0.4, 0.5) is 8.78 Å². The first kappa shape index (κ1) is 13.4. The molecule has 19 heavy (non-hydrogen) atoms. The van der Waals surface area contributed by atoms with Crippen molar-refractivity contribution in [3.8, 4) is 0 Å². The van der Waals surface area contributed by atoms with Gasteiger partial charge in [0, 0.05) is 18.7 Å². The van der Waals surface area contributed by atoms with Crippen molar-refractivity contribution >= 4 is 17.0 Å². The number of hydrogen-bond acceptors (Lipinski definition) is 3. The van der Waals surface area contributed by atoms with Crippen LogP contribution in [0.15, 0.2) is 12.1 Å². The average molecular weight is 270 g/mol. The number of halogens is 2. The number of rotatable bonds is 5. The largest absolute Gasteiger partial charge is 0.480 e. The molecule has 1 aromatic heterocycles. The van der Waals surface area contributed by atoms with Crippen LogP contribution in [0.2, 0.25) is 0 Å². The fraction of sp³-hybridized carbons (Fsp3) is 0.333. The van der Waals surface area contributed by atoms with Crippen molar-refractivity contribution in [1.82, 2.24) is 9.55 Å². The van der Waals surface area contributed by atoms with Crippen LogP contribution in [0, 0.1) is 11.6 Å². The van der Waals surface area contributed by atoms with Crippen LogP contribution in [0.1, 0.15) is 12.7 Å². The molecule has 2 rings (SSSR count). The Bertz CT molecular complexity index is 625. The van der Waals surface area contributed by atoms with Crippen LogP contribution >= 0.6 is 0 Å². The van der Waals surface area contributed by atoms with Crippen LogP contribution < -0.4 is 0 Å². The molecule has 1 aromatic carbocycles. The number of carboxylic acids is 1. The van der Waals surface area contributed by atoms with E-state index in [0.29, 0.717) is 12.4 Å². The molecular weight excluding hydrogens is 258 g/mol. The van der Waals surface area contributed by atoms with Gasteiger partial charge in [-0.3, -0.25) is 4.79 Å². The molecule has 0 atom stereocenters. The van der Waals surface area contributed by atoms with E-state index in [9.17, 15) is 13.6 Å². The van der Waals surface area contributed by atoms with Gasteiger partial charge in [-0.1, -0.05) is 0 Å². The topological polar surface area (TPSA) is 64.4 Å². The highest BCUT2D eigenvalue weighted by molar-refractivity contribution is 5.78. The van der Waals surface area contributed by atoms with Gasteiger partial charge in [-0.2, -0.15) is 0 Å². The number of fused-ring (bicyclic) bond motifs is 1. The molecular formula is C12H12F2N2O3. The van der Waals surface area contributed by atoms with Gasteiger partial charge in [0.2, 0.25) is 0 Å². The third kappa shape index (κ3) is 2.70. The minimum absolute atomic E-state index is 0.0850. The summed E-state index contributed by atoms with van der Waals surface area (Å²) < 4.78 is 32.8. The molecule has 0 spiro atoms. The molecule has 5 nitrogen and oxygen atoms in total. The molecule has 0 aliphatic carbocycles. The zero-order valence-electron chi connectivity index (χ0n) is 10.2. The van der Waals surface area contributed by atoms with E-state index in [-0.39, 0.29) is 24.2 Å². The third-order valence-corrected chi connectivity index (χ3v) is 2.60. The third-order valence-electron chi connectivity index (χ3n) is 2.60. The molecule has 0 radical (unpaired) electrons. The van der Waals surface area contributed by atoms with Crippen LogP contribution in [0.25, 0.3) is 11.0 Å². The molecule has 0 saturated carbocycles. The number of benzene rings is 1. The number of imidazole rings is 1. The Morgan fingerprint density at radius 1 is 1.42 bits per heavy atom. The Hall–Kier alpha value is -2.02. The molecule has 0 unspecified atom stereocenters. The van der Waals surface area contributed by atoms with E-state index in [1.807, 2.05) is 0 Å². The second kappa shape index (κ2) is 5.31. The van der Waals surface area contributed by atoms with Crippen molar-refractivity contribution in [1.29, 1.82) is 0 Å². The summed E-state index contributed by atoms with van der Waals surface area (Å²) in [5, 5.41) is 8.86. The predicted molar refractivity (Wildman–Crippen MR) is 62.6 cm³/mol. The standard InChI is InChI=1S/C12H12F2N2O3/c1-2-19-6-11-15-9-3-7(13)8(14)4-10(9)16(11)5-12(17)18/h3-4H,2,5-6H2,1H3,(H,17,18). The zero-order chi connectivity index (χ0) is 14.0. The molecule has 7 heteroatoms. The summed E-state index contributed by atoms with van der Waals surface area (Å²) in [5.41, 5.74) is 0.436. The van der Waals surface area contributed by atoms with Crippen LogP contribution in [0.5, 0.6) is 0 Å². The second-order valence-electron chi connectivity index (χ2n) is 3.90. The van der Waals surface area contributed by atoms with Crippen LogP contribution in [-0.2, 0) is 22.7 Å². The molecule has 102 valence electrons. The summed E-state index contributed by atoms with van der Waals surface area (Å²) in [5.74, 6) is -2.83. The van der Waals surface area contributed by atoms with E-state index in [1.165, 1.54) is 4.57 Å². The van der Waals surface area contributed by atoms with E-state index >= 15 is 0 Å². The second-order valence-corrected chi connectivity index (χ2v) is 3.90. The lowest BCUT2D eigenvalue weighted by Crippen LogP contribution is -2.12. The van der Waals surface area contributed by atoms with E-state index in [1.54, 1.807) is 6.92 Å². The molecule has 0 saturated heterocycles. The van der Waals surface area contributed by atoms with Crippen LogP contribution in [0.3, 0.4) is 0 Å². The first-order valence-corrected chi connectivity index (χ1v) is 5.66. The van der Waals surface area contributed by atoms with Gasteiger partial charge >= 0.3 is 5.97 Å². The molecule has 1 heterocycles. The number of carbonyl (C=O) groups is 1. The first-order valence-electron chi connectivity index (χ1n) is 5.66. The highest BCUT2D eigenvalue weighted by atomic mass is 19.2. The summed E-state index contributed by atoms with van der Waals surface area (Å²) in [6, 6.07) is 1.88. The fourth-order valence-corrected chi connectivity index (χ4v) is 1.79. The molecule has 0 bridgehead atoms. The lowest BCUT2D eigenvalue weighted by atomic mass is 10.3. The summed E-state index contributed by atoms with van der Waals surface area (Å²) >= 11 is 0. The van der Waals surface area contributed by atoms with Gasteiger partial charge in [0.05, 0.1) is 11.0 Å².